The molecule has 2 aromatic carbocycles. The number of benzene rings is 2. The van der Waals surface area contributed by atoms with Gasteiger partial charge in [-0.25, -0.2) is 13.2 Å². The van der Waals surface area contributed by atoms with Gasteiger partial charge in [0.2, 0.25) is 9.84 Å². The fourth-order valence-electron chi connectivity index (χ4n) is 3.22. The molecule has 0 aromatic heterocycles. The Morgan fingerprint density at radius 3 is 2.38 bits per heavy atom. The van der Waals surface area contributed by atoms with Crippen LogP contribution in [0.25, 0.3) is 0 Å². The van der Waals surface area contributed by atoms with Crippen molar-refractivity contribution in [3.05, 3.63) is 65.7 Å². The molecule has 1 heterocycles. The Hall–Kier alpha value is -2.71. The Balaban J connectivity index is 1.61. The monoisotopic (exact) mass is 417 g/mol. The number of rotatable bonds is 4. The van der Waals surface area contributed by atoms with Crippen molar-refractivity contribution < 1.29 is 27.9 Å². The second kappa shape index (κ2) is 8.75. The summed E-state index contributed by atoms with van der Waals surface area (Å²) in [5, 5.41) is 9.34. The van der Waals surface area contributed by atoms with Crippen molar-refractivity contribution in [2.24, 2.45) is 5.92 Å². The van der Waals surface area contributed by atoms with Gasteiger partial charge in [-0.05, 0) is 31.0 Å². The molecular weight excluding hydrogens is 394 g/mol. The predicted octanol–water partition coefficient (Wildman–Crippen LogP) is 2.31. The van der Waals surface area contributed by atoms with Crippen molar-refractivity contribution in [1.82, 2.24) is 4.90 Å². The van der Waals surface area contributed by atoms with Gasteiger partial charge >= 0.3 is 6.09 Å². The molecule has 7 nitrogen and oxygen atoms in total. The van der Waals surface area contributed by atoms with Gasteiger partial charge in [0.1, 0.15) is 6.61 Å². The summed E-state index contributed by atoms with van der Waals surface area (Å²) in [5.41, 5.74) is 1.70. The van der Waals surface area contributed by atoms with Gasteiger partial charge in [-0.1, -0.05) is 48.0 Å². The van der Waals surface area contributed by atoms with E-state index in [2.05, 4.69) is 0 Å². The first-order valence-corrected chi connectivity index (χ1v) is 10.8. The Kier molecular flexibility index (Phi) is 6.34. The van der Waals surface area contributed by atoms with Crippen molar-refractivity contribution in [2.45, 2.75) is 31.0 Å². The summed E-state index contributed by atoms with van der Waals surface area (Å²) >= 11 is 0. The highest BCUT2D eigenvalue weighted by atomic mass is 32.2. The van der Waals surface area contributed by atoms with Gasteiger partial charge in [-0.15, -0.1) is 0 Å². The van der Waals surface area contributed by atoms with Gasteiger partial charge in [0.25, 0.3) is 5.12 Å². The Labute approximate surface area is 169 Å². The predicted molar refractivity (Wildman–Crippen MR) is 106 cm³/mol. The van der Waals surface area contributed by atoms with Crippen molar-refractivity contribution >= 4 is 21.0 Å². The van der Waals surface area contributed by atoms with Crippen molar-refractivity contribution in [3.63, 3.8) is 0 Å². The van der Waals surface area contributed by atoms with E-state index in [0.717, 1.165) is 11.1 Å². The smallest absolute Gasteiger partial charge is 0.410 e. The third-order valence-corrected chi connectivity index (χ3v) is 6.67. The highest BCUT2D eigenvalue weighted by molar-refractivity contribution is 8.06. The number of carbonyl (C=O) groups excluding carboxylic acids is 2. The maximum Gasteiger partial charge on any atom is 0.410 e. The molecule has 1 saturated heterocycles. The highest BCUT2D eigenvalue weighted by Gasteiger charge is 2.41. The standard InChI is InChI=1S/C21H23NO6S/c1-15-7-9-17(10-8-15)29(26,27)20(24)18-11-12-22(13-19(18)23)21(25)28-14-16-5-3-2-4-6-16/h2-10,18-19,23H,11-14H2,1H3/t18-,19+/m1/s1. The van der Waals surface area contributed by atoms with Crippen molar-refractivity contribution in [3.8, 4) is 0 Å². The van der Waals surface area contributed by atoms with E-state index < -0.39 is 33.1 Å². The second-order valence-electron chi connectivity index (χ2n) is 7.08. The molecule has 3 rings (SSSR count). The third-order valence-electron chi connectivity index (χ3n) is 4.94. The Bertz CT molecular complexity index is 972. The van der Waals surface area contributed by atoms with E-state index in [9.17, 15) is 23.1 Å². The van der Waals surface area contributed by atoms with E-state index in [1.807, 2.05) is 37.3 Å². The number of aryl methyl sites for hydroxylation is 1. The summed E-state index contributed by atoms with van der Waals surface area (Å²) < 4.78 is 30.4. The molecule has 0 radical (unpaired) electrons. The fraction of sp³-hybridized carbons (Fsp3) is 0.333. The molecule has 1 fully saturated rings. The van der Waals surface area contributed by atoms with Crippen LogP contribution in [0, 0.1) is 12.8 Å². The van der Waals surface area contributed by atoms with Crippen molar-refractivity contribution in [2.75, 3.05) is 13.1 Å². The lowest BCUT2D eigenvalue weighted by molar-refractivity contribution is -0.121. The molecular formula is C21H23NO6S. The average molecular weight is 417 g/mol. The maximum atomic E-state index is 12.6. The number of ether oxygens (including phenoxy) is 1. The zero-order valence-corrected chi connectivity index (χ0v) is 16.8. The number of aliphatic hydroxyl groups excluding tert-OH is 1. The molecule has 0 aliphatic carbocycles. The van der Waals surface area contributed by atoms with Crippen LogP contribution in [0.4, 0.5) is 4.79 Å². The lowest BCUT2D eigenvalue weighted by Crippen LogP contribution is -2.50. The molecule has 0 saturated carbocycles. The van der Waals surface area contributed by atoms with Crippen LogP contribution in [0.1, 0.15) is 17.5 Å². The molecule has 1 aliphatic rings. The molecule has 2 aromatic rings. The van der Waals surface area contributed by atoms with Crippen LogP contribution in [-0.4, -0.2) is 48.8 Å². The summed E-state index contributed by atoms with van der Waals surface area (Å²) in [5.74, 6) is -1.08. The molecule has 1 aliphatic heterocycles. The summed E-state index contributed by atoms with van der Waals surface area (Å²) in [4.78, 5) is 26.0. The number of hydrogen-bond acceptors (Lipinski definition) is 6. The van der Waals surface area contributed by atoms with Crippen LogP contribution in [0.2, 0.25) is 0 Å². The Morgan fingerprint density at radius 1 is 1.10 bits per heavy atom. The largest absolute Gasteiger partial charge is 0.445 e. The van der Waals surface area contributed by atoms with E-state index in [1.54, 1.807) is 12.1 Å². The zero-order valence-electron chi connectivity index (χ0n) is 16.0. The number of β-amino-alcohol motifs (C(OH)–C–C–N with tert-alkyl or cyclic N) is 1. The fourth-order valence-corrected chi connectivity index (χ4v) is 4.62. The molecule has 1 N–H and O–H groups in total. The van der Waals surface area contributed by atoms with E-state index in [1.165, 1.54) is 17.0 Å². The quantitative estimate of drug-likeness (QED) is 0.819. The van der Waals surface area contributed by atoms with Gasteiger partial charge < -0.3 is 14.7 Å². The Morgan fingerprint density at radius 2 is 1.76 bits per heavy atom. The topological polar surface area (TPSA) is 101 Å². The normalized spacial score (nSPS) is 19.6. The number of piperidine rings is 1. The highest BCUT2D eigenvalue weighted by Crippen LogP contribution is 2.25. The first kappa shape index (κ1) is 21.0. The number of sulfone groups is 1. The zero-order chi connectivity index (χ0) is 21.0. The second-order valence-corrected chi connectivity index (χ2v) is 8.96. The number of nitrogens with zero attached hydrogens (tertiary/aromatic N) is 1. The van der Waals surface area contributed by atoms with Crippen LogP contribution in [0.5, 0.6) is 0 Å². The van der Waals surface area contributed by atoms with E-state index in [4.69, 9.17) is 4.74 Å². The minimum absolute atomic E-state index is 0.0472. The summed E-state index contributed by atoms with van der Waals surface area (Å²) in [6.07, 6.45) is -1.84. The number of aliphatic hydroxyl groups is 1. The van der Waals surface area contributed by atoms with Gasteiger partial charge in [0, 0.05) is 6.54 Å². The molecule has 2 atom stereocenters. The first-order valence-electron chi connectivity index (χ1n) is 9.28. The third kappa shape index (κ3) is 4.83. The van der Waals surface area contributed by atoms with Crippen LogP contribution in [0.3, 0.4) is 0 Å². The average Bonchev–Trinajstić information content (AvgIpc) is 2.72. The number of likely N-dealkylation sites (tertiary alicyclic amines) is 1. The van der Waals surface area contributed by atoms with E-state index in [-0.39, 0.29) is 31.0 Å². The summed E-state index contributed by atoms with van der Waals surface area (Å²) in [6.45, 7) is 1.88. The number of amides is 1. The SMILES string of the molecule is Cc1ccc(S(=O)(=O)C(=O)[C@@H]2CCN(C(=O)OCc3ccccc3)C[C@@H]2O)cc1. The lowest BCUT2D eigenvalue weighted by atomic mass is 9.95. The maximum absolute atomic E-state index is 12.6. The number of hydrogen-bond donors (Lipinski definition) is 1. The molecule has 1 amide bonds. The molecule has 0 unspecified atom stereocenters. The molecule has 29 heavy (non-hydrogen) atoms. The van der Waals surface area contributed by atoms with Gasteiger partial charge in [-0.2, -0.15) is 0 Å². The molecule has 8 heteroatoms. The molecule has 0 bridgehead atoms. The molecule has 0 spiro atoms. The van der Waals surface area contributed by atoms with Gasteiger partial charge in [0.05, 0.1) is 23.5 Å². The van der Waals surface area contributed by atoms with Crippen LogP contribution >= 0.6 is 0 Å². The molecule has 154 valence electrons. The van der Waals surface area contributed by atoms with Crippen molar-refractivity contribution in [1.29, 1.82) is 0 Å². The minimum Gasteiger partial charge on any atom is -0.445 e. The van der Waals surface area contributed by atoms with E-state index >= 15 is 0 Å². The summed E-state index contributed by atoms with van der Waals surface area (Å²) in [7, 11) is -4.21. The van der Waals surface area contributed by atoms with Gasteiger partial charge in [0.15, 0.2) is 0 Å². The van der Waals surface area contributed by atoms with Crippen LogP contribution < -0.4 is 0 Å². The minimum atomic E-state index is -4.21. The number of carbonyl (C=O) groups is 2. The van der Waals surface area contributed by atoms with Crippen LogP contribution in [-0.2, 0) is 26.0 Å². The van der Waals surface area contributed by atoms with E-state index in [0.29, 0.717) is 0 Å². The van der Waals surface area contributed by atoms with Gasteiger partial charge in [-0.3, -0.25) is 4.79 Å². The first-order chi connectivity index (χ1) is 13.8. The summed E-state index contributed by atoms with van der Waals surface area (Å²) in [6, 6.07) is 15.1. The van der Waals surface area contributed by atoms with Crippen LogP contribution in [0.15, 0.2) is 59.5 Å². The lowest BCUT2D eigenvalue weighted by Gasteiger charge is -2.34.